The number of rotatable bonds is 4. The Morgan fingerprint density at radius 1 is 1.25 bits per heavy atom. The van der Waals surface area contributed by atoms with Crippen LogP contribution in [0.1, 0.15) is 25.3 Å². The molecule has 0 amide bonds. The third-order valence-corrected chi connectivity index (χ3v) is 3.32. The fourth-order valence-electron chi connectivity index (χ4n) is 2.07. The first-order chi connectivity index (χ1) is 7.59. The SMILES string of the molecule is COc1ccc(OC)c([C@](C)(O)C2CC2)c1. The minimum absolute atomic E-state index is 0.341. The molecule has 0 aliphatic heterocycles. The van der Waals surface area contributed by atoms with Gasteiger partial charge in [0, 0.05) is 5.56 Å². The van der Waals surface area contributed by atoms with Gasteiger partial charge in [-0.1, -0.05) is 0 Å². The highest BCUT2D eigenvalue weighted by molar-refractivity contribution is 5.44. The Kier molecular flexibility index (Phi) is 2.80. The Morgan fingerprint density at radius 3 is 2.44 bits per heavy atom. The fourth-order valence-corrected chi connectivity index (χ4v) is 2.07. The Balaban J connectivity index is 2.43. The van der Waals surface area contributed by atoms with E-state index in [1.54, 1.807) is 14.2 Å². The van der Waals surface area contributed by atoms with Crippen LogP contribution in [-0.2, 0) is 5.60 Å². The van der Waals surface area contributed by atoms with Gasteiger partial charge < -0.3 is 14.6 Å². The van der Waals surface area contributed by atoms with Crippen molar-refractivity contribution >= 4 is 0 Å². The van der Waals surface area contributed by atoms with Crippen molar-refractivity contribution in [1.29, 1.82) is 0 Å². The average molecular weight is 222 g/mol. The van der Waals surface area contributed by atoms with Crippen LogP contribution in [-0.4, -0.2) is 19.3 Å². The summed E-state index contributed by atoms with van der Waals surface area (Å²) < 4.78 is 10.5. The summed E-state index contributed by atoms with van der Waals surface area (Å²) in [6.07, 6.45) is 2.15. The molecule has 0 bridgehead atoms. The van der Waals surface area contributed by atoms with Crippen molar-refractivity contribution in [1.82, 2.24) is 0 Å². The standard InChI is InChI=1S/C13H18O3/c1-13(14,9-4-5-9)11-8-10(15-2)6-7-12(11)16-3/h6-9,14H,4-5H2,1-3H3/t13-/m1/s1. The number of hydrogen-bond acceptors (Lipinski definition) is 3. The van der Waals surface area contributed by atoms with Crippen molar-refractivity contribution in [2.45, 2.75) is 25.4 Å². The van der Waals surface area contributed by atoms with Crippen LogP contribution >= 0.6 is 0 Å². The Labute approximate surface area is 96.0 Å². The topological polar surface area (TPSA) is 38.7 Å². The van der Waals surface area contributed by atoms with E-state index in [0.717, 1.165) is 29.9 Å². The summed E-state index contributed by atoms with van der Waals surface area (Å²) in [4.78, 5) is 0. The van der Waals surface area contributed by atoms with Crippen LogP contribution in [0, 0.1) is 5.92 Å². The summed E-state index contributed by atoms with van der Waals surface area (Å²) in [6.45, 7) is 1.85. The second kappa shape index (κ2) is 3.98. The third kappa shape index (κ3) is 1.87. The molecule has 1 aliphatic carbocycles. The van der Waals surface area contributed by atoms with E-state index in [4.69, 9.17) is 9.47 Å². The Bertz CT molecular complexity index is 381. The molecule has 0 radical (unpaired) electrons. The lowest BCUT2D eigenvalue weighted by Gasteiger charge is -2.26. The third-order valence-electron chi connectivity index (χ3n) is 3.32. The van der Waals surface area contributed by atoms with Crippen LogP contribution in [0.25, 0.3) is 0 Å². The van der Waals surface area contributed by atoms with Crippen molar-refractivity contribution in [3.05, 3.63) is 23.8 Å². The molecule has 0 heterocycles. The Morgan fingerprint density at radius 2 is 1.94 bits per heavy atom. The van der Waals surface area contributed by atoms with Gasteiger partial charge in [-0.2, -0.15) is 0 Å². The highest BCUT2D eigenvalue weighted by Gasteiger charge is 2.43. The lowest BCUT2D eigenvalue weighted by Crippen LogP contribution is -2.24. The zero-order chi connectivity index (χ0) is 11.8. The molecule has 3 nitrogen and oxygen atoms in total. The van der Waals surface area contributed by atoms with Gasteiger partial charge in [-0.15, -0.1) is 0 Å². The first-order valence-corrected chi connectivity index (χ1v) is 5.54. The maximum Gasteiger partial charge on any atom is 0.125 e. The number of aliphatic hydroxyl groups is 1. The van der Waals surface area contributed by atoms with Crippen molar-refractivity contribution < 1.29 is 14.6 Å². The molecule has 1 fully saturated rings. The summed E-state index contributed by atoms with van der Waals surface area (Å²) in [5.41, 5.74) is -0.00303. The molecule has 0 spiro atoms. The van der Waals surface area contributed by atoms with Gasteiger partial charge in [0.25, 0.3) is 0 Å². The predicted molar refractivity (Wildman–Crippen MR) is 61.8 cm³/mol. The first-order valence-electron chi connectivity index (χ1n) is 5.54. The Hall–Kier alpha value is -1.22. The largest absolute Gasteiger partial charge is 0.497 e. The van der Waals surface area contributed by atoms with Crippen molar-refractivity contribution in [3.63, 3.8) is 0 Å². The second-order valence-electron chi connectivity index (χ2n) is 4.49. The molecule has 16 heavy (non-hydrogen) atoms. The van der Waals surface area contributed by atoms with Gasteiger partial charge >= 0.3 is 0 Å². The highest BCUT2D eigenvalue weighted by atomic mass is 16.5. The maximum atomic E-state index is 10.5. The molecular formula is C13H18O3. The van der Waals surface area contributed by atoms with Gasteiger partial charge in [0.15, 0.2) is 0 Å². The first kappa shape index (κ1) is 11.3. The molecule has 1 atom stereocenters. The van der Waals surface area contributed by atoms with Crippen LogP contribution in [0.15, 0.2) is 18.2 Å². The van der Waals surface area contributed by atoms with E-state index in [2.05, 4.69) is 0 Å². The van der Waals surface area contributed by atoms with Crippen LogP contribution in [0.5, 0.6) is 11.5 Å². The number of hydrogen-bond donors (Lipinski definition) is 1. The average Bonchev–Trinajstić information content (AvgIpc) is 3.12. The molecule has 88 valence electrons. The molecule has 3 heteroatoms. The van der Waals surface area contributed by atoms with E-state index < -0.39 is 5.60 Å². The molecule has 1 N–H and O–H groups in total. The molecular weight excluding hydrogens is 204 g/mol. The molecule has 1 aromatic carbocycles. The van der Waals surface area contributed by atoms with Crippen LogP contribution in [0.4, 0.5) is 0 Å². The lowest BCUT2D eigenvalue weighted by molar-refractivity contribution is 0.0305. The molecule has 1 aromatic rings. The zero-order valence-electron chi connectivity index (χ0n) is 9.99. The minimum Gasteiger partial charge on any atom is -0.497 e. The second-order valence-corrected chi connectivity index (χ2v) is 4.49. The van der Waals surface area contributed by atoms with Gasteiger partial charge in [-0.05, 0) is 43.9 Å². The molecule has 0 saturated heterocycles. The molecule has 1 aliphatic rings. The molecule has 0 unspecified atom stereocenters. The summed E-state index contributed by atoms with van der Waals surface area (Å²) >= 11 is 0. The van der Waals surface area contributed by atoms with E-state index in [1.165, 1.54) is 0 Å². The highest BCUT2D eigenvalue weighted by Crippen LogP contribution is 2.48. The number of benzene rings is 1. The quantitative estimate of drug-likeness (QED) is 0.849. The van der Waals surface area contributed by atoms with E-state index >= 15 is 0 Å². The summed E-state index contributed by atoms with van der Waals surface area (Å²) in [7, 11) is 3.24. The van der Waals surface area contributed by atoms with E-state index in [-0.39, 0.29) is 0 Å². The zero-order valence-corrected chi connectivity index (χ0v) is 9.99. The van der Waals surface area contributed by atoms with Crippen LogP contribution in [0.2, 0.25) is 0 Å². The monoisotopic (exact) mass is 222 g/mol. The van der Waals surface area contributed by atoms with E-state index in [9.17, 15) is 5.11 Å². The maximum absolute atomic E-state index is 10.5. The normalized spacial score (nSPS) is 19.0. The van der Waals surface area contributed by atoms with Crippen LogP contribution < -0.4 is 9.47 Å². The van der Waals surface area contributed by atoms with Crippen molar-refractivity contribution in [2.75, 3.05) is 14.2 Å². The predicted octanol–water partition coefficient (Wildman–Crippen LogP) is 2.32. The van der Waals surface area contributed by atoms with Gasteiger partial charge in [-0.25, -0.2) is 0 Å². The minimum atomic E-state index is -0.820. The molecule has 0 aromatic heterocycles. The number of methoxy groups -OCH3 is 2. The molecule has 1 saturated carbocycles. The van der Waals surface area contributed by atoms with Gasteiger partial charge in [0.1, 0.15) is 11.5 Å². The summed E-state index contributed by atoms with van der Waals surface area (Å²) in [5.74, 6) is 1.81. The van der Waals surface area contributed by atoms with E-state index in [0.29, 0.717) is 5.92 Å². The number of ether oxygens (including phenoxy) is 2. The summed E-state index contributed by atoms with van der Waals surface area (Å²) in [5, 5.41) is 10.5. The van der Waals surface area contributed by atoms with Gasteiger partial charge in [0.05, 0.1) is 19.8 Å². The summed E-state index contributed by atoms with van der Waals surface area (Å²) in [6, 6.07) is 5.54. The van der Waals surface area contributed by atoms with Crippen LogP contribution in [0.3, 0.4) is 0 Å². The smallest absolute Gasteiger partial charge is 0.125 e. The van der Waals surface area contributed by atoms with E-state index in [1.807, 2.05) is 25.1 Å². The van der Waals surface area contributed by atoms with Crippen molar-refractivity contribution in [3.8, 4) is 11.5 Å². The van der Waals surface area contributed by atoms with Gasteiger partial charge in [0.2, 0.25) is 0 Å². The fraction of sp³-hybridized carbons (Fsp3) is 0.538. The lowest BCUT2D eigenvalue weighted by atomic mass is 9.90. The molecule has 2 rings (SSSR count). The van der Waals surface area contributed by atoms with Gasteiger partial charge in [-0.3, -0.25) is 0 Å². The van der Waals surface area contributed by atoms with Crippen molar-refractivity contribution in [2.24, 2.45) is 5.92 Å².